The smallest absolute Gasteiger partial charge is 0.341 e. The fourth-order valence-electron chi connectivity index (χ4n) is 2.96. The topological polar surface area (TPSA) is 81.7 Å². The van der Waals surface area contributed by atoms with Crippen LogP contribution in [0.1, 0.15) is 33.6 Å². The number of benzene rings is 1. The van der Waals surface area contributed by atoms with Gasteiger partial charge in [-0.15, -0.1) is 23.1 Å². The maximum Gasteiger partial charge on any atom is 0.341 e. The number of hydrogen-bond donors (Lipinski definition) is 1. The van der Waals surface area contributed by atoms with Crippen molar-refractivity contribution in [3.63, 3.8) is 0 Å². The number of anilines is 1. The molecule has 8 heteroatoms. The summed E-state index contributed by atoms with van der Waals surface area (Å²) in [6.07, 6.45) is 2.92. The van der Waals surface area contributed by atoms with Crippen LogP contribution in [0.2, 0.25) is 0 Å². The zero-order chi connectivity index (χ0) is 19.9. The Morgan fingerprint density at radius 1 is 1.18 bits per heavy atom. The van der Waals surface area contributed by atoms with Crippen molar-refractivity contribution in [1.82, 2.24) is 0 Å². The number of esters is 2. The molecule has 1 N–H and O–H groups in total. The Morgan fingerprint density at radius 3 is 2.71 bits per heavy atom. The van der Waals surface area contributed by atoms with E-state index < -0.39 is 17.8 Å². The lowest BCUT2D eigenvalue weighted by atomic mass is 10.1. The summed E-state index contributed by atoms with van der Waals surface area (Å²) in [6.45, 7) is -0.377. The van der Waals surface area contributed by atoms with E-state index in [0.29, 0.717) is 16.3 Å². The molecular formula is C20H21NO5S2. The van der Waals surface area contributed by atoms with E-state index in [1.54, 1.807) is 11.8 Å². The van der Waals surface area contributed by atoms with Crippen LogP contribution in [-0.2, 0) is 31.9 Å². The maximum absolute atomic E-state index is 12.2. The number of carbonyl (C=O) groups excluding carboxylic acids is 3. The Bertz CT molecular complexity index is 863. The van der Waals surface area contributed by atoms with Gasteiger partial charge in [-0.1, -0.05) is 18.2 Å². The lowest BCUT2D eigenvalue weighted by molar-refractivity contribution is -0.146. The number of thioether (sulfide) groups is 1. The molecule has 0 fully saturated rings. The summed E-state index contributed by atoms with van der Waals surface area (Å²) >= 11 is 2.95. The molecule has 0 radical (unpaired) electrons. The average molecular weight is 420 g/mol. The van der Waals surface area contributed by atoms with Crippen LogP contribution in [0.4, 0.5) is 5.00 Å². The summed E-state index contributed by atoms with van der Waals surface area (Å²) in [7, 11) is 1.32. The Morgan fingerprint density at radius 2 is 1.96 bits per heavy atom. The van der Waals surface area contributed by atoms with Gasteiger partial charge >= 0.3 is 11.9 Å². The minimum Gasteiger partial charge on any atom is -0.465 e. The van der Waals surface area contributed by atoms with Gasteiger partial charge in [-0.05, 0) is 37.0 Å². The number of amides is 1. The van der Waals surface area contributed by atoms with Crippen LogP contribution in [0.5, 0.6) is 0 Å². The first-order valence-corrected chi connectivity index (χ1v) is 10.7. The number of methoxy groups -OCH3 is 1. The number of hydrogen-bond acceptors (Lipinski definition) is 7. The van der Waals surface area contributed by atoms with Gasteiger partial charge < -0.3 is 14.8 Å². The second-order valence-electron chi connectivity index (χ2n) is 6.17. The first kappa shape index (κ1) is 20.4. The van der Waals surface area contributed by atoms with Gasteiger partial charge in [0.2, 0.25) is 0 Å². The second-order valence-corrected chi connectivity index (χ2v) is 8.45. The third kappa shape index (κ3) is 5.14. The molecule has 2 aromatic rings. The van der Waals surface area contributed by atoms with Crippen LogP contribution in [0.25, 0.3) is 0 Å². The zero-order valence-corrected chi connectivity index (χ0v) is 17.1. The number of rotatable bonds is 8. The second kappa shape index (κ2) is 9.75. The molecule has 0 saturated carbocycles. The van der Waals surface area contributed by atoms with E-state index >= 15 is 0 Å². The molecular weight excluding hydrogens is 398 g/mol. The van der Waals surface area contributed by atoms with Crippen LogP contribution in [-0.4, -0.2) is 37.3 Å². The van der Waals surface area contributed by atoms with Crippen LogP contribution in [0.15, 0.2) is 35.2 Å². The first-order chi connectivity index (χ1) is 13.6. The van der Waals surface area contributed by atoms with Gasteiger partial charge in [0.15, 0.2) is 6.61 Å². The van der Waals surface area contributed by atoms with E-state index in [2.05, 4.69) is 5.32 Å². The Balaban J connectivity index is 1.47. The van der Waals surface area contributed by atoms with Crippen LogP contribution >= 0.6 is 23.1 Å². The van der Waals surface area contributed by atoms with Gasteiger partial charge in [0.05, 0.1) is 19.1 Å². The van der Waals surface area contributed by atoms with E-state index in [1.165, 1.54) is 18.4 Å². The molecule has 0 saturated heterocycles. The zero-order valence-electron chi connectivity index (χ0n) is 15.5. The Kier molecular flexibility index (Phi) is 7.11. The highest BCUT2D eigenvalue weighted by Crippen LogP contribution is 2.39. The lowest BCUT2D eigenvalue weighted by Crippen LogP contribution is -2.21. The van der Waals surface area contributed by atoms with Crippen LogP contribution in [0.3, 0.4) is 0 Å². The van der Waals surface area contributed by atoms with Gasteiger partial charge in [-0.2, -0.15) is 0 Å². The first-order valence-electron chi connectivity index (χ1n) is 8.94. The molecule has 1 amide bonds. The standard InChI is InChI=1S/C20H21NO5S2/c1-25-20(24)18-14-8-5-9-15(14)28-19(18)21-16(22)12-26-17(23)10-11-27-13-6-3-2-4-7-13/h2-4,6-7H,5,8-12H2,1H3,(H,21,22). The molecule has 148 valence electrons. The van der Waals surface area contributed by atoms with Crippen molar-refractivity contribution in [2.24, 2.45) is 0 Å². The van der Waals surface area contributed by atoms with E-state index in [1.807, 2.05) is 30.3 Å². The Hall–Kier alpha value is -2.32. The highest BCUT2D eigenvalue weighted by Gasteiger charge is 2.28. The monoisotopic (exact) mass is 419 g/mol. The largest absolute Gasteiger partial charge is 0.465 e. The van der Waals surface area contributed by atoms with Gasteiger partial charge in [-0.3, -0.25) is 9.59 Å². The van der Waals surface area contributed by atoms with Crippen LogP contribution < -0.4 is 5.32 Å². The SMILES string of the molecule is COC(=O)c1c(NC(=O)COC(=O)CCSc2ccccc2)sc2c1CCC2. The minimum atomic E-state index is -0.464. The molecule has 0 atom stereocenters. The molecule has 0 bridgehead atoms. The number of nitrogens with one attached hydrogen (secondary N) is 1. The van der Waals surface area contributed by atoms with Crippen molar-refractivity contribution < 1.29 is 23.9 Å². The van der Waals surface area contributed by atoms with Crippen molar-refractivity contribution in [2.75, 3.05) is 24.8 Å². The van der Waals surface area contributed by atoms with Gasteiger partial charge in [0.1, 0.15) is 5.00 Å². The highest BCUT2D eigenvalue weighted by atomic mass is 32.2. The van der Waals surface area contributed by atoms with Crippen molar-refractivity contribution in [1.29, 1.82) is 0 Å². The van der Waals surface area contributed by atoms with E-state index in [-0.39, 0.29) is 13.0 Å². The van der Waals surface area contributed by atoms with E-state index in [4.69, 9.17) is 9.47 Å². The molecule has 0 spiro atoms. The van der Waals surface area contributed by atoms with Crippen molar-refractivity contribution in [3.8, 4) is 0 Å². The predicted molar refractivity (Wildman–Crippen MR) is 109 cm³/mol. The maximum atomic E-state index is 12.2. The summed E-state index contributed by atoms with van der Waals surface area (Å²) in [5.41, 5.74) is 1.39. The van der Waals surface area contributed by atoms with E-state index in [9.17, 15) is 14.4 Å². The van der Waals surface area contributed by atoms with Crippen molar-refractivity contribution >= 4 is 45.9 Å². The van der Waals surface area contributed by atoms with E-state index in [0.717, 1.165) is 34.6 Å². The minimum absolute atomic E-state index is 0.216. The molecule has 1 aromatic carbocycles. The molecule has 0 aliphatic heterocycles. The summed E-state index contributed by atoms with van der Waals surface area (Å²) < 4.78 is 9.89. The number of thiophene rings is 1. The molecule has 0 unspecified atom stereocenters. The molecule has 6 nitrogen and oxygen atoms in total. The average Bonchev–Trinajstić information content (AvgIpc) is 3.27. The van der Waals surface area contributed by atoms with Gasteiger partial charge in [0.25, 0.3) is 5.91 Å². The molecule has 3 rings (SSSR count). The normalized spacial score (nSPS) is 12.3. The molecule has 1 heterocycles. The predicted octanol–water partition coefficient (Wildman–Crippen LogP) is 3.69. The summed E-state index contributed by atoms with van der Waals surface area (Å²) in [5.74, 6) is -0.770. The van der Waals surface area contributed by atoms with Gasteiger partial charge in [-0.25, -0.2) is 4.79 Å². The van der Waals surface area contributed by atoms with Crippen molar-refractivity contribution in [2.45, 2.75) is 30.6 Å². The molecule has 1 aliphatic carbocycles. The quantitative estimate of drug-likeness (QED) is 0.519. The molecule has 1 aliphatic rings. The van der Waals surface area contributed by atoms with Gasteiger partial charge in [0, 0.05) is 15.5 Å². The molecule has 28 heavy (non-hydrogen) atoms. The summed E-state index contributed by atoms with van der Waals surface area (Å²) in [5, 5.41) is 3.16. The number of aryl methyl sites for hydroxylation is 1. The lowest BCUT2D eigenvalue weighted by Gasteiger charge is -2.08. The Labute approximate surface area is 171 Å². The third-order valence-corrected chi connectivity index (χ3v) is 6.47. The van der Waals surface area contributed by atoms with Crippen molar-refractivity contribution in [3.05, 3.63) is 46.3 Å². The fourth-order valence-corrected chi connectivity index (χ4v) is 5.11. The fraction of sp³-hybridized carbons (Fsp3) is 0.350. The van der Waals surface area contributed by atoms with Crippen LogP contribution in [0, 0.1) is 0 Å². The summed E-state index contributed by atoms with van der Waals surface area (Å²) in [6, 6.07) is 9.76. The highest BCUT2D eigenvalue weighted by molar-refractivity contribution is 7.99. The number of carbonyl (C=O) groups is 3. The summed E-state index contributed by atoms with van der Waals surface area (Å²) in [4.78, 5) is 38.3. The molecule has 1 aromatic heterocycles. The number of fused-ring (bicyclic) bond motifs is 1. The third-order valence-electron chi connectivity index (χ3n) is 4.25. The number of ether oxygens (including phenoxy) is 2.